The van der Waals surface area contributed by atoms with Crippen molar-refractivity contribution < 1.29 is 13.2 Å². The molecule has 11 heavy (non-hydrogen) atoms. The summed E-state index contributed by atoms with van der Waals surface area (Å²) in [5.74, 6) is 0. The van der Waals surface area contributed by atoms with Gasteiger partial charge in [-0.3, -0.25) is 0 Å². The zero-order valence-electron chi connectivity index (χ0n) is 6.04. The van der Waals surface area contributed by atoms with Crippen LogP contribution in [-0.4, -0.2) is 24.8 Å². The minimum atomic E-state index is -4.28. The second kappa shape index (κ2) is 2.64. The van der Waals surface area contributed by atoms with Crippen LogP contribution in [0, 0.1) is 0 Å². The first kappa shape index (κ1) is 8.80. The van der Waals surface area contributed by atoms with Gasteiger partial charge in [0.1, 0.15) is 5.54 Å². The topological polar surface area (TPSA) is 38.0 Å². The van der Waals surface area contributed by atoms with E-state index >= 15 is 0 Å². The largest absolute Gasteiger partial charge is 0.407 e. The van der Waals surface area contributed by atoms with E-state index < -0.39 is 11.7 Å². The van der Waals surface area contributed by atoms with Crippen LogP contribution in [0.5, 0.6) is 0 Å². The molecule has 1 saturated heterocycles. The van der Waals surface area contributed by atoms with Gasteiger partial charge in [0.05, 0.1) is 0 Å². The molecule has 66 valence electrons. The highest BCUT2D eigenvalue weighted by atomic mass is 19.4. The highest BCUT2D eigenvalue weighted by Gasteiger charge is 2.51. The van der Waals surface area contributed by atoms with E-state index in [0.29, 0.717) is 13.0 Å². The van der Waals surface area contributed by atoms with Crippen LogP contribution in [0.2, 0.25) is 0 Å². The zero-order valence-corrected chi connectivity index (χ0v) is 6.04. The molecule has 1 rings (SSSR count). The van der Waals surface area contributed by atoms with E-state index in [4.69, 9.17) is 5.73 Å². The van der Waals surface area contributed by atoms with Gasteiger partial charge in [-0.1, -0.05) is 0 Å². The van der Waals surface area contributed by atoms with E-state index in [2.05, 4.69) is 5.32 Å². The molecule has 0 amide bonds. The Morgan fingerprint density at radius 1 is 1.36 bits per heavy atom. The summed E-state index contributed by atoms with van der Waals surface area (Å²) in [7, 11) is 0. The predicted molar refractivity (Wildman–Crippen MR) is 35.1 cm³/mol. The molecule has 1 aliphatic rings. The summed E-state index contributed by atoms with van der Waals surface area (Å²) in [4.78, 5) is 0. The Labute approximate surface area is 62.9 Å². The summed E-state index contributed by atoms with van der Waals surface area (Å²) in [5, 5.41) is 2.64. The van der Waals surface area contributed by atoms with Gasteiger partial charge in [0.25, 0.3) is 0 Å². The Morgan fingerprint density at radius 2 is 2.00 bits per heavy atom. The van der Waals surface area contributed by atoms with Crippen LogP contribution in [0.3, 0.4) is 0 Å². The summed E-state index contributed by atoms with van der Waals surface area (Å²) >= 11 is 0. The van der Waals surface area contributed by atoms with E-state index in [1.54, 1.807) is 0 Å². The third-order valence-electron chi connectivity index (χ3n) is 1.98. The van der Waals surface area contributed by atoms with Gasteiger partial charge in [0.15, 0.2) is 0 Å². The Kier molecular flexibility index (Phi) is 2.11. The highest BCUT2D eigenvalue weighted by Crippen LogP contribution is 2.32. The molecule has 0 unspecified atom stereocenters. The Bertz CT molecular complexity index is 137. The van der Waals surface area contributed by atoms with Gasteiger partial charge >= 0.3 is 6.18 Å². The molecule has 3 N–H and O–H groups in total. The molecular formula is C6H11F3N2. The molecule has 0 saturated carbocycles. The number of hydrogen-bond acceptors (Lipinski definition) is 2. The predicted octanol–water partition coefficient (Wildman–Crippen LogP) is 0.630. The molecule has 0 aromatic heterocycles. The van der Waals surface area contributed by atoms with Crippen LogP contribution >= 0.6 is 0 Å². The first-order chi connectivity index (χ1) is 4.96. The normalized spacial score (nSPS) is 33.8. The summed E-state index contributed by atoms with van der Waals surface area (Å²) < 4.78 is 36.5. The first-order valence-corrected chi connectivity index (χ1v) is 3.52. The van der Waals surface area contributed by atoms with Crippen molar-refractivity contribution in [1.82, 2.24) is 5.32 Å². The van der Waals surface area contributed by atoms with Gasteiger partial charge in [-0.25, -0.2) is 0 Å². The molecule has 0 radical (unpaired) electrons. The lowest BCUT2D eigenvalue weighted by atomic mass is 9.91. The van der Waals surface area contributed by atoms with Crippen molar-refractivity contribution in [3.05, 3.63) is 0 Å². The van der Waals surface area contributed by atoms with Crippen molar-refractivity contribution in [3.8, 4) is 0 Å². The SMILES string of the molecule is N[C@@]1(C(F)(F)F)CCCNC1. The fourth-order valence-corrected chi connectivity index (χ4v) is 1.17. The maximum atomic E-state index is 12.2. The third-order valence-corrected chi connectivity index (χ3v) is 1.98. The van der Waals surface area contributed by atoms with E-state index in [0.717, 1.165) is 0 Å². The average Bonchev–Trinajstić information content (AvgIpc) is 1.87. The molecule has 1 atom stereocenters. The molecule has 0 aromatic rings. The zero-order chi connectivity index (χ0) is 8.54. The van der Waals surface area contributed by atoms with Gasteiger partial charge in [0.2, 0.25) is 0 Å². The lowest BCUT2D eigenvalue weighted by Crippen LogP contribution is -2.62. The highest BCUT2D eigenvalue weighted by molar-refractivity contribution is 4.96. The first-order valence-electron chi connectivity index (χ1n) is 3.52. The van der Waals surface area contributed by atoms with Crippen molar-refractivity contribution in [3.63, 3.8) is 0 Å². The number of rotatable bonds is 0. The van der Waals surface area contributed by atoms with E-state index in [1.807, 2.05) is 0 Å². The van der Waals surface area contributed by atoms with E-state index in [-0.39, 0.29) is 13.0 Å². The Morgan fingerprint density at radius 3 is 2.27 bits per heavy atom. The summed E-state index contributed by atoms with van der Waals surface area (Å²) in [6.45, 7) is 0.478. The lowest BCUT2D eigenvalue weighted by molar-refractivity contribution is -0.189. The van der Waals surface area contributed by atoms with Crippen LogP contribution in [0.15, 0.2) is 0 Å². The van der Waals surface area contributed by atoms with Gasteiger partial charge < -0.3 is 11.1 Å². The lowest BCUT2D eigenvalue weighted by Gasteiger charge is -2.35. The van der Waals surface area contributed by atoms with Crippen molar-refractivity contribution in [1.29, 1.82) is 0 Å². The second-order valence-corrected chi connectivity index (χ2v) is 2.93. The van der Waals surface area contributed by atoms with Gasteiger partial charge in [-0.15, -0.1) is 0 Å². The Balaban J connectivity index is 2.64. The fraction of sp³-hybridized carbons (Fsp3) is 1.00. The minimum absolute atomic E-state index is 0.0312. The maximum absolute atomic E-state index is 12.2. The van der Waals surface area contributed by atoms with Crippen LogP contribution < -0.4 is 11.1 Å². The summed E-state index contributed by atoms with van der Waals surface area (Å²) in [6, 6.07) is 0. The van der Waals surface area contributed by atoms with Crippen molar-refractivity contribution in [2.75, 3.05) is 13.1 Å². The van der Waals surface area contributed by atoms with Gasteiger partial charge in [0, 0.05) is 6.54 Å². The minimum Gasteiger partial charge on any atom is -0.317 e. The molecule has 0 bridgehead atoms. The van der Waals surface area contributed by atoms with Crippen molar-refractivity contribution >= 4 is 0 Å². The second-order valence-electron chi connectivity index (χ2n) is 2.93. The number of piperidine rings is 1. The molecule has 1 fully saturated rings. The number of hydrogen-bond donors (Lipinski definition) is 2. The van der Waals surface area contributed by atoms with Crippen molar-refractivity contribution in [2.45, 2.75) is 24.6 Å². The van der Waals surface area contributed by atoms with Gasteiger partial charge in [-0.05, 0) is 19.4 Å². The monoisotopic (exact) mass is 168 g/mol. The molecular weight excluding hydrogens is 157 g/mol. The molecule has 0 spiro atoms. The van der Waals surface area contributed by atoms with Crippen LogP contribution in [0.25, 0.3) is 0 Å². The Hall–Kier alpha value is -0.290. The summed E-state index contributed by atoms with van der Waals surface area (Å²) in [5.41, 5.74) is 3.15. The van der Waals surface area contributed by atoms with Crippen LogP contribution in [0.4, 0.5) is 13.2 Å². The molecule has 1 heterocycles. The smallest absolute Gasteiger partial charge is 0.317 e. The number of nitrogens with two attached hydrogens (primary N) is 1. The summed E-state index contributed by atoms with van der Waals surface area (Å²) in [6.07, 6.45) is -3.75. The van der Waals surface area contributed by atoms with Crippen LogP contribution in [-0.2, 0) is 0 Å². The quantitative estimate of drug-likeness (QED) is 0.556. The van der Waals surface area contributed by atoms with Gasteiger partial charge in [-0.2, -0.15) is 13.2 Å². The standard InChI is InChI=1S/C6H11F3N2/c7-6(8,9)5(10)2-1-3-11-4-5/h11H,1-4,10H2/t5-/m0/s1. The van der Waals surface area contributed by atoms with E-state index in [1.165, 1.54) is 0 Å². The molecule has 0 aromatic carbocycles. The molecule has 5 heteroatoms. The average molecular weight is 168 g/mol. The van der Waals surface area contributed by atoms with Crippen molar-refractivity contribution in [2.24, 2.45) is 5.73 Å². The molecule has 2 nitrogen and oxygen atoms in total. The molecule has 0 aliphatic carbocycles. The van der Waals surface area contributed by atoms with E-state index in [9.17, 15) is 13.2 Å². The third kappa shape index (κ3) is 1.65. The number of nitrogens with one attached hydrogen (secondary N) is 1. The fourth-order valence-electron chi connectivity index (χ4n) is 1.17. The maximum Gasteiger partial charge on any atom is 0.407 e. The van der Waals surface area contributed by atoms with Crippen LogP contribution in [0.1, 0.15) is 12.8 Å². The number of halogens is 3. The number of alkyl halides is 3. The molecule has 1 aliphatic heterocycles.